The van der Waals surface area contributed by atoms with Crippen molar-refractivity contribution in [3.05, 3.63) is 53.2 Å². The van der Waals surface area contributed by atoms with E-state index in [1.807, 2.05) is 65.8 Å². The number of aromatic nitrogens is 3. The molecule has 0 bridgehead atoms. The third-order valence-electron chi connectivity index (χ3n) is 6.86. The summed E-state index contributed by atoms with van der Waals surface area (Å²) in [5.41, 5.74) is 3.87. The third-order valence-corrected chi connectivity index (χ3v) is 7.70. The predicted molar refractivity (Wildman–Crippen MR) is 135 cm³/mol. The van der Waals surface area contributed by atoms with Crippen LogP contribution in [0.15, 0.2) is 41.9 Å². The average Bonchev–Trinajstić information content (AvgIpc) is 3.54. The van der Waals surface area contributed by atoms with Crippen molar-refractivity contribution >= 4 is 55.5 Å². The van der Waals surface area contributed by atoms with E-state index in [0.717, 1.165) is 38.0 Å². The van der Waals surface area contributed by atoms with Crippen LogP contribution in [0.2, 0.25) is 0 Å². The van der Waals surface area contributed by atoms with Gasteiger partial charge in [0.15, 0.2) is 0 Å². The first-order chi connectivity index (χ1) is 16.5. The van der Waals surface area contributed by atoms with Crippen LogP contribution in [0.1, 0.15) is 17.7 Å². The normalized spacial score (nSPS) is 21.3. The molecule has 174 valence electrons. The summed E-state index contributed by atoms with van der Waals surface area (Å²) in [6, 6.07) is 9.74. The van der Waals surface area contributed by atoms with Gasteiger partial charge < -0.3 is 20.1 Å². The van der Waals surface area contributed by atoms with Gasteiger partial charge in [-0.3, -0.25) is 4.79 Å². The number of alkyl halides is 1. The maximum absolute atomic E-state index is 15.0. The number of hydrogen-bond acceptors (Lipinski definition) is 6. The molecule has 2 aliphatic heterocycles. The van der Waals surface area contributed by atoms with Crippen LogP contribution in [-0.4, -0.2) is 71.7 Å². The summed E-state index contributed by atoms with van der Waals surface area (Å²) >= 11 is 1.61. The topological polar surface area (TPSA) is 77.1 Å². The molecule has 1 saturated heterocycles. The lowest BCUT2D eigenvalue weighted by Gasteiger charge is -2.37. The minimum Gasteiger partial charge on any atom is -0.352 e. The Kier molecular flexibility index (Phi) is 5.11. The number of thiophene rings is 1. The van der Waals surface area contributed by atoms with E-state index in [-0.39, 0.29) is 18.5 Å². The predicted octanol–water partition coefficient (Wildman–Crippen LogP) is 3.69. The van der Waals surface area contributed by atoms with Crippen molar-refractivity contribution in [2.45, 2.75) is 18.6 Å². The molecule has 0 spiro atoms. The van der Waals surface area contributed by atoms with Crippen LogP contribution in [-0.2, 0) is 4.79 Å². The SMILES string of the molecule is CN(C)C1CCN(c2nc(C3=C(c4c[nH]c5sccc45)C(=O)NC3)c3ccccc3n2)CC1F. The number of benzene rings is 1. The fourth-order valence-corrected chi connectivity index (χ4v) is 5.89. The molecule has 3 aromatic heterocycles. The van der Waals surface area contributed by atoms with Crippen molar-refractivity contribution in [2.75, 3.05) is 38.6 Å². The van der Waals surface area contributed by atoms with E-state index in [1.165, 1.54) is 0 Å². The van der Waals surface area contributed by atoms with Gasteiger partial charge in [-0.15, -0.1) is 11.3 Å². The number of nitrogens with one attached hydrogen (secondary N) is 2. The molecule has 5 heterocycles. The molecular formula is C25H25FN6OS. The Balaban J connectivity index is 1.50. The lowest BCUT2D eigenvalue weighted by Crippen LogP contribution is -2.50. The van der Waals surface area contributed by atoms with Crippen molar-refractivity contribution in [3.63, 3.8) is 0 Å². The number of amides is 1. The Morgan fingerprint density at radius 1 is 1.18 bits per heavy atom. The van der Waals surface area contributed by atoms with E-state index in [9.17, 15) is 9.18 Å². The largest absolute Gasteiger partial charge is 0.352 e. The highest BCUT2D eigenvalue weighted by Crippen LogP contribution is 2.37. The number of para-hydroxylation sites is 1. The minimum absolute atomic E-state index is 0.108. The highest BCUT2D eigenvalue weighted by Gasteiger charge is 2.33. The summed E-state index contributed by atoms with van der Waals surface area (Å²) in [7, 11) is 3.84. The van der Waals surface area contributed by atoms with Gasteiger partial charge in [0, 0.05) is 47.2 Å². The standard InChI is InChI=1S/C25H25FN6OS/c1-31(2)20-7-9-32(13-18(20)26)25-29-19-6-4-3-5-15(19)22(30-25)17-12-27-23(33)21(17)16-11-28-24-14(16)8-10-34-24/h3-6,8,10-11,18,20,28H,7,9,12-13H2,1-2H3,(H,27,33). The van der Waals surface area contributed by atoms with Gasteiger partial charge in [0.25, 0.3) is 5.91 Å². The fourth-order valence-electron chi connectivity index (χ4n) is 5.12. The van der Waals surface area contributed by atoms with Crippen molar-refractivity contribution in [1.29, 1.82) is 0 Å². The Morgan fingerprint density at radius 2 is 2.03 bits per heavy atom. The number of piperidine rings is 1. The second-order valence-electron chi connectivity index (χ2n) is 9.07. The molecule has 1 aromatic carbocycles. The van der Waals surface area contributed by atoms with Crippen LogP contribution >= 0.6 is 11.3 Å². The van der Waals surface area contributed by atoms with Crippen LogP contribution in [0.25, 0.3) is 32.3 Å². The summed E-state index contributed by atoms with van der Waals surface area (Å²) in [6.45, 7) is 1.31. The van der Waals surface area contributed by atoms with Gasteiger partial charge in [-0.25, -0.2) is 14.4 Å². The molecule has 6 rings (SSSR count). The molecule has 2 atom stereocenters. The van der Waals surface area contributed by atoms with E-state index in [0.29, 0.717) is 31.0 Å². The van der Waals surface area contributed by atoms with Gasteiger partial charge in [-0.2, -0.15) is 0 Å². The number of fused-ring (bicyclic) bond motifs is 2. The molecule has 9 heteroatoms. The zero-order valence-corrected chi connectivity index (χ0v) is 19.8. The second-order valence-corrected chi connectivity index (χ2v) is 9.99. The third kappa shape index (κ3) is 3.38. The number of hydrogen-bond donors (Lipinski definition) is 2. The summed E-state index contributed by atoms with van der Waals surface area (Å²) in [4.78, 5) is 30.9. The van der Waals surface area contributed by atoms with E-state index in [4.69, 9.17) is 9.97 Å². The van der Waals surface area contributed by atoms with Gasteiger partial charge in [0.05, 0.1) is 23.3 Å². The van der Waals surface area contributed by atoms with E-state index in [2.05, 4.69) is 10.3 Å². The molecular weight excluding hydrogens is 451 g/mol. The molecule has 0 aliphatic carbocycles. The second kappa shape index (κ2) is 8.18. The maximum atomic E-state index is 15.0. The summed E-state index contributed by atoms with van der Waals surface area (Å²) < 4.78 is 15.0. The Morgan fingerprint density at radius 3 is 2.85 bits per heavy atom. The molecule has 1 amide bonds. The van der Waals surface area contributed by atoms with Crippen molar-refractivity contribution < 1.29 is 9.18 Å². The Hall–Kier alpha value is -3.30. The fraction of sp³-hybridized carbons (Fsp3) is 0.320. The summed E-state index contributed by atoms with van der Waals surface area (Å²) in [5.74, 6) is 0.400. The first-order valence-electron chi connectivity index (χ1n) is 11.4. The number of aromatic amines is 1. The zero-order chi connectivity index (χ0) is 23.4. The number of anilines is 1. The molecule has 0 radical (unpaired) electrons. The maximum Gasteiger partial charge on any atom is 0.252 e. The number of rotatable bonds is 4. The quantitative estimate of drug-likeness (QED) is 0.470. The summed E-state index contributed by atoms with van der Waals surface area (Å²) in [6.07, 6.45) is 1.61. The van der Waals surface area contributed by atoms with Gasteiger partial charge in [-0.1, -0.05) is 18.2 Å². The highest BCUT2D eigenvalue weighted by molar-refractivity contribution is 7.16. The van der Waals surface area contributed by atoms with E-state index >= 15 is 0 Å². The smallest absolute Gasteiger partial charge is 0.252 e. The molecule has 7 nitrogen and oxygen atoms in total. The molecule has 1 fully saturated rings. The molecule has 0 saturated carbocycles. The van der Waals surface area contributed by atoms with Crippen LogP contribution in [0.5, 0.6) is 0 Å². The van der Waals surface area contributed by atoms with Crippen LogP contribution in [0.4, 0.5) is 10.3 Å². The molecule has 2 aliphatic rings. The Labute approximate surface area is 200 Å². The summed E-state index contributed by atoms with van der Waals surface area (Å²) in [5, 5.41) is 6.91. The van der Waals surface area contributed by atoms with Crippen LogP contribution < -0.4 is 10.2 Å². The van der Waals surface area contributed by atoms with Gasteiger partial charge >= 0.3 is 0 Å². The monoisotopic (exact) mass is 476 g/mol. The van der Waals surface area contributed by atoms with Gasteiger partial charge in [-0.05, 0) is 38.0 Å². The zero-order valence-electron chi connectivity index (χ0n) is 19.0. The van der Waals surface area contributed by atoms with Gasteiger partial charge in [0.1, 0.15) is 11.0 Å². The van der Waals surface area contributed by atoms with Crippen LogP contribution in [0, 0.1) is 0 Å². The highest BCUT2D eigenvalue weighted by atomic mass is 32.1. The molecule has 2 unspecified atom stereocenters. The molecule has 4 aromatic rings. The Bertz CT molecular complexity index is 1440. The van der Waals surface area contributed by atoms with Gasteiger partial charge in [0.2, 0.25) is 5.95 Å². The minimum atomic E-state index is -0.987. The van der Waals surface area contributed by atoms with Crippen molar-refractivity contribution in [3.8, 4) is 0 Å². The lowest BCUT2D eigenvalue weighted by atomic mass is 9.98. The number of carbonyl (C=O) groups is 1. The van der Waals surface area contributed by atoms with Crippen LogP contribution in [0.3, 0.4) is 0 Å². The van der Waals surface area contributed by atoms with E-state index in [1.54, 1.807) is 11.3 Å². The molecule has 34 heavy (non-hydrogen) atoms. The first-order valence-corrected chi connectivity index (χ1v) is 12.3. The number of carbonyl (C=O) groups excluding carboxylic acids is 1. The van der Waals surface area contributed by atoms with E-state index < -0.39 is 6.17 Å². The lowest BCUT2D eigenvalue weighted by molar-refractivity contribution is -0.114. The van der Waals surface area contributed by atoms with Crippen molar-refractivity contribution in [1.82, 2.24) is 25.2 Å². The number of H-pyrrole nitrogens is 1. The number of nitrogens with zero attached hydrogens (tertiary/aromatic N) is 4. The van der Waals surface area contributed by atoms with Crippen molar-refractivity contribution in [2.24, 2.45) is 0 Å². The first kappa shape index (κ1) is 21.2. The number of halogens is 1. The molecule has 2 N–H and O–H groups in total. The average molecular weight is 477 g/mol.